The lowest BCUT2D eigenvalue weighted by molar-refractivity contribution is -0.0798. The SMILES string of the molecule is OC[C@@H](O)[C@H]1O[C@H]2[C@H](NC(=S)N2c2ccccc2Cl)[C@H]1O. The van der Waals surface area contributed by atoms with E-state index < -0.39 is 37.2 Å². The standard InChI is InChI=1S/C13H15ClN2O4S/c14-6-3-1-2-4-7(6)16-12-9(15-13(16)21)10(19)11(20-12)8(18)5-17/h1-4,8-12,17-19H,5H2,(H,15,21)/t8-,9-,10-,11-,12+/m1/s1. The zero-order chi connectivity index (χ0) is 15.1. The van der Waals surface area contributed by atoms with Crippen molar-refractivity contribution in [3.8, 4) is 0 Å². The van der Waals surface area contributed by atoms with Crippen LogP contribution in [-0.4, -0.2) is 57.6 Å². The highest BCUT2D eigenvalue weighted by Gasteiger charge is 2.54. The van der Waals surface area contributed by atoms with Gasteiger partial charge in [-0.1, -0.05) is 23.7 Å². The molecule has 6 nitrogen and oxygen atoms in total. The lowest BCUT2D eigenvalue weighted by Crippen LogP contribution is -2.45. The molecular formula is C13H15ClN2O4S. The first kappa shape index (κ1) is 15.0. The molecule has 0 unspecified atom stereocenters. The van der Waals surface area contributed by atoms with Crippen LogP contribution in [0.2, 0.25) is 5.02 Å². The monoisotopic (exact) mass is 330 g/mol. The number of hydrogen-bond acceptors (Lipinski definition) is 5. The molecule has 2 fully saturated rings. The van der Waals surface area contributed by atoms with E-state index in [1.807, 2.05) is 6.07 Å². The van der Waals surface area contributed by atoms with E-state index in [1.54, 1.807) is 23.1 Å². The van der Waals surface area contributed by atoms with Gasteiger partial charge in [-0.2, -0.15) is 0 Å². The van der Waals surface area contributed by atoms with Crippen molar-refractivity contribution < 1.29 is 20.1 Å². The molecule has 0 spiro atoms. The maximum Gasteiger partial charge on any atom is 0.176 e. The molecule has 4 N–H and O–H groups in total. The first-order chi connectivity index (χ1) is 10.0. The molecule has 3 rings (SSSR count). The summed E-state index contributed by atoms with van der Waals surface area (Å²) in [5, 5.41) is 32.9. The van der Waals surface area contributed by atoms with Crippen molar-refractivity contribution >= 4 is 34.6 Å². The fourth-order valence-electron chi connectivity index (χ4n) is 2.72. The van der Waals surface area contributed by atoms with Gasteiger partial charge in [0.2, 0.25) is 0 Å². The van der Waals surface area contributed by atoms with E-state index in [0.29, 0.717) is 15.8 Å². The van der Waals surface area contributed by atoms with Crippen LogP contribution >= 0.6 is 23.8 Å². The average Bonchev–Trinajstić information content (AvgIpc) is 2.95. The molecule has 2 aliphatic rings. The van der Waals surface area contributed by atoms with Gasteiger partial charge in [0.25, 0.3) is 0 Å². The molecule has 0 amide bonds. The number of aliphatic hydroxyl groups excluding tert-OH is 3. The third-order valence-corrected chi connectivity index (χ3v) is 4.38. The Labute approximate surface area is 131 Å². The molecule has 114 valence electrons. The summed E-state index contributed by atoms with van der Waals surface area (Å²) in [4.78, 5) is 1.68. The lowest BCUT2D eigenvalue weighted by Gasteiger charge is -2.26. The van der Waals surface area contributed by atoms with E-state index in [4.69, 9.17) is 33.7 Å². The molecule has 2 heterocycles. The fourth-order valence-corrected chi connectivity index (χ4v) is 3.29. The van der Waals surface area contributed by atoms with Crippen LogP contribution in [0.25, 0.3) is 0 Å². The van der Waals surface area contributed by atoms with Gasteiger partial charge in [0.15, 0.2) is 11.3 Å². The predicted octanol–water partition coefficient (Wildman–Crippen LogP) is -0.158. The number of para-hydroxylation sites is 1. The predicted molar refractivity (Wildman–Crippen MR) is 81.2 cm³/mol. The first-order valence-electron chi connectivity index (χ1n) is 6.51. The van der Waals surface area contributed by atoms with Gasteiger partial charge < -0.3 is 25.4 Å². The Morgan fingerprint density at radius 1 is 1.43 bits per heavy atom. The minimum Gasteiger partial charge on any atom is -0.394 e. The molecule has 0 radical (unpaired) electrons. The third kappa shape index (κ3) is 2.40. The topological polar surface area (TPSA) is 85.2 Å². The van der Waals surface area contributed by atoms with E-state index in [0.717, 1.165) is 0 Å². The average molecular weight is 331 g/mol. The summed E-state index contributed by atoms with van der Waals surface area (Å²) >= 11 is 11.5. The molecular weight excluding hydrogens is 316 g/mol. The van der Waals surface area contributed by atoms with Gasteiger partial charge in [0.05, 0.1) is 17.3 Å². The Bertz CT molecular complexity index is 561. The molecule has 2 aliphatic heterocycles. The Morgan fingerprint density at radius 2 is 2.14 bits per heavy atom. The molecule has 0 bridgehead atoms. The van der Waals surface area contributed by atoms with Crippen molar-refractivity contribution in [3.63, 3.8) is 0 Å². The fraction of sp³-hybridized carbons (Fsp3) is 0.462. The number of aliphatic hydroxyl groups is 3. The molecule has 5 atom stereocenters. The molecule has 2 saturated heterocycles. The summed E-state index contributed by atoms with van der Waals surface area (Å²) in [6, 6.07) is 6.67. The third-order valence-electron chi connectivity index (χ3n) is 3.75. The van der Waals surface area contributed by atoms with E-state index in [1.165, 1.54) is 0 Å². The minimum atomic E-state index is -1.16. The largest absolute Gasteiger partial charge is 0.394 e. The molecule has 0 aromatic heterocycles. The van der Waals surface area contributed by atoms with Crippen molar-refractivity contribution in [2.24, 2.45) is 0 Å². The first-order valence-corrected chi connectivity index (χ1v) is 7.30. The number of rotatable bonds is 3. The lowest BCUT2D eigenvalue weighted by atomic mass is 10.0. The Kier molecular flexibility index (Phi) is 4.04. The Hall–Kier alpha value is -0.960. The van der Waals surface area contributed by atoms with Gasteiger partial charge in [-0.15, -0.1) is 0 Å². The van der Waals surface area contributed by atoms with Gasteiger partial charge in [-0.3, -0.25) is 4.90 Å². The number of anilines is 1. The Balaban J connectivity index is 1.91. The second kappa shape index (κ2) is 5.68. The maximum atomic E-state index is 10.2. The van der Waals surface area contributed by atoms with Gasteiger partial charge in [0, 0.05) is 0 Å². The van der Waals surface area contributed by atoms with Gasteiger partial charge >= 0.3 is 0 Å². The van der Waals surface area contributed by atoms with E-state index in [2.05, 4.69) is 5.32 Å². The molecule has 0 aliphatic carbocycles. The molecule has 1 aromatic rings. The van der Waals surface area contributed by atoms with Crippen LogP contribution in [0.1, 0.15) is 0 Å². The Morgan fingerprint density at radius 3 is 2.81 bits per heavy atom. The van der Waals surface area contributed by atoms with Gasteiger partial charge in [0.1, 0.15) is 24.4 Å². The molecule has 0 saturated carbocycles. The summed E-state index contributed by atoms with van der Waals surface area (Å²) in [6.45, 7) is -0.488. The summed E-state index contributed by atoms with van der Waals surface area (Å²) in [6.07, 6.45) is -3.61. The second-order valence-corrected chi connectivity index (χ2v) is 5.82. The summed E-state index contributed by atoms with van der Waals surface area (Å²) < 4.78 is 5.70. The molecule has 1 aromatic carbocycles. The number of ether oxygens (including phenoxy) is 1. The summed E-state index contributed by atoms with van der Waals surface area (Å²) in [5.74, 6) is 0. The smallest absolute Gasteiger partial charge is 0.176 e. The van der Waals surface area contributed by atoms with Gasteiger partial charge in [-0.05, 0) is 24.4 Å². The quantitative estimate of drug-likeness (QED) is 0.573. The van der Waals surface area contributed by atoms with Crippen LogP contribution in [0.15, 0.2) is 24.3 Å². The van der Waals surface area contributed by atoms with Crippen molar-refractivity contribution in [3.05, 3.63) is 29.3 Å². The second-order valence-electron chi connectivity index (χ2n) is 5.03. The number of hydrogen-bond donors (Lipinski definition) is 4. The number of benzene rings is 1. The van der Waals surface area contributed by atoms with Crippen molar-refractivity contribution in [2.45, 2.75) is 30.6 Å². The highest BCUT2D eigenvalue weighted by Crippen LogP contribution is 2.36. The molecule has 8 heteroatoms. The van der Waals surface area contributed by atoms with E-state index >= 15 is 0 Å². The zero-order valence-corrected chi connectivity index (χ0v) is 12.5. The van der Waals surface area contributed by atoms with E-state index in [9.17, 15) is 10.2 Å². The normalized spacial score (nSPS) is 33.0. The summed E-state index contributed by atoms with van der Waals surface area (Å²) in [7, 11) is 0. The number of fused-ring (bicyclic) bond motifs is 1. The minimum absolute atomic E-state index is 0.397. The van der Waals surface area contributed by atoms with Crippen LogP contribution in [0.3, 0.4) is 0 Å². The zero-order valence-electron chi connectivity index (χ0n) is 10.9. The van der Waals surface area contributed by atoms with Crippen LogP contribution in [0.4, 0.5) is 5.69 Å². The number of halogens is 1. The maximum absolute atomic E-state index is 10.2. The summed E-state index contributed by atoms with van der Waals surface area (Å²) in [5.41, 5.74) is 0.663. The number of nitrogens with zero attached hydrogens (tertiary/aromatic N) is 1. The number of thiocarbonyl (C=S) groups is 1. The van der Waals surface area contributed by atoms with Crippen molar-refractivity contribution in [2.75, 3.05) is 11.5 Å². The number of nitrogens with one attached hydrogen (secondary N) is 1. The molecule has 21 heavy (non-hydrogen) atoms. The van der Waals surface area contributed by atoms with Crippen LogP contribution < -0.4 is 10.2 Å². The van der Waals surface area contributed by atoms with Crippen molar-refractivity contribution in [1.82, 2.24) is 5.32 Å². The van der Waals surface area contributed by atoms with Crippen LogP contribution in [-0.2, 0) is 4.74 Å². The highest BCUT2D eigenvalue weighted by molar-refractivity contribution is 7.80. The van der Waals surface area contributed by atoms with Crippen LogP contribution in [0, 0.1) is 0 Å². The van der Waals surface area contributed by atoms with E-state index in [-0.39, 0.29) is 0 Å². The van der Waals surface area contributed by atoms with Gasteiger partial charge in [-0.25, -0.2) is 0 Å². The van der Waals surface area contributed by atoms with Crippen molar-refractivity contribution in [1.29, 1.82) is 0 Å². The highest BCUT2D eigenvalue weighted by atomic mass is 35.5. The van der Waals surface area contributed by atoms with Crippen LogP contribution in [0.5, 0.6) is 0 Å².